The van der Waals surface area contributed by atoms with Crippen LogP contribution in [0.2, 0.25) is 0 Å². The number of aromatic amines is 1. The first-order valence-electron chi connectivity index (χ1n) is 5.95. The molecule has 0 aliphatic rings. The second kappa shape index (κ2) is 6.19. The van der Waals surface area contributed by atoms with E-state index in [2.05, 4.69) is 9.71 Å². The minimum atomic E-state index is -3.68. The zero-order valence-electron chi connectivity index (χ0n) is 10.8. The molecule has 2 N–H and O–H groups in total. The van der Waals surface area contributed by atoms with Crippen molar-refractivity contribution >= 4 is 27.8 Å². The van der Waals surface area contributed by atoms with Gasteiger partial charge in [-0.05, 0) is 29.8 Å². The molecule has 0 aliphatic carbocycles. The van der Waals surface area contributed by atoms with Crippen LogP contribution in [0.1, 0.15) is 5.56 Å². The van der Waals surface area contributed by atoms with Gasteiger partial charge in [0.05, 0.1) is 10.9 Å². The Kier molecular flexibility index (Phi) is 4.34. The van der Waals surface area contributed by atoms with Crippen molar-refractivity contribution < 1.29 is 23.3 Å². The Bertz CT molecular complexity index is 753. The number of benzene rings is 1. The summed E-state index contributed by atoms with van der Waals surface area (Å²) in [5, 5.41) is 10.3. The molecule has 0 spiro atoms. The van der Waals surface area contributed by atoms with Crippen LogP contribution >= 0.6 is 0 Å². The summed E-state index contributed by atoms with van der Waals surface area (Å²) in [4.78, 5) is 13.1. The summed E-state index contributed by atoms with van der Waals surface area (Å²) in [6.45, 7) is 0. The maximum absolute atomic E-state index is 12.1. The van der Waals surface area contributed by atoms with Crippen molar-refractivity contribution in [3.63, 3.8) is 0 Å². The van der Waals surface area contributed by atoms with E-state index in [1.165, 1.54) is 36.5 Å². The average molecular weight is 304 g/mol. The molecule has 0 saturated carbocycles. The van der Waals surface area contributed by atoms with Crippen molar-refractivity contribution in [2.75, 3.05) is 4.72 Å². The van der Waals surface area contributed by atoms with Gasteiger partial charge in [0.2, 0.25) is 0 Å². The summed E-state index contributed by atoms with van der Waals surface area (Å²) in [6, 6.07) is 9.08. The maximum Gasteiger partial charge on any atom is 0.262 e. The number of anilines is 1. The largest absolute Gasteiger partial charge is 0.545 e. The number of aromatic nitrogens is 1. The van der Waals surface area contributed by atoms with Crippen LogP contribution in [-0.4, -0.2) is 14.4 Å². The lowest BCUT2D eigenvalue weighted by Gasteiger charge is -2.06. The number of H-pyrrole nitrogens is 1. The van der Waals surface area contributed by atoms with Gasteiger partial charge in [0.15, 0.2) is 12.4 Å². The number of hydrogen-bond donors (Lipinski definition) is 1. The van der Waals surface area contributed by atoms with E-state index in [9.17, 15) is 18.3 Å². The number of carbonyl (C=O) groups is 1. The molecule has 0 atom stereocenters. The highest BCUT2D eigenvalue weighted by Crippen LogP contribution is 2.15. The molecule has 0 amide bonds. The normalized spacial score (nSPS) is 11.4. The van der Waals surface area contributed by atoms with Crippen molar-refractivity contribution in [3.05, 3.63) is 60.4 Å². The Hall–Kier alpha value is -2.67. The smallest absolute Gasteiger partial charge is 0.262 e. The fourth-order valence-electron chi connectivity index (χ4n) is 1.59. The molecule has 108 valence electrons. The Morgan fingerprint density at radius 2 is 1.90 bits per heavy atom. The summed E-state index contributed by atoms with van der Waals surface area (Å²) < 4.78 is 26.7. The predicted octanol–water partition coefficient (Wildman–Crippen LogP) is 0.0646. The van der Waals surface area contributed by atoms with Gasteiger partial charge in [-0.2, -0.15) is 0 Å². The van der Waals surface area contributed by atoms with E-state index in [0.717, 1.165) is 6.08 Å². The molecule has 1 aromatic carbocycles. The van der Waals surface area contributed by atoms with Gasteiger partial charge in [-0.1, -0.05) is 18.2 Å². The van der Waals surface area contributed by atoms with Crippen LogP contribution < -0.4 is 14.8 Å². The maximum atomic E-state index is 12.1. The van der Waals surface area contributed by atoms with Crippen LogP contribution in [0.4, 0.5) is 5.69 Å². The molecule has 2 aromatic rings. The fraction of sp³-hybridized carbons (Fsp3) is 0. The fourth-order valence-corrected chi connectivity index (χ4v) is 2.64. The third-order valence-corrected chi connectivity index (χ3v) is 3.96. The van der Waals surface area contributed by atoms with E-state index in [-0.39, 0.29) is 4.90 Å². The lowest BCUT2D eigenvalue weighted by molar-refractivity contribution is -0.377. The molecule has 1 aromatic heterocycles. The molecular weight excluding hydrogens is 292 g/mol. The van der Waals surface area contributed by atoms with Crippen LogP contribution in [0.25, 0.3) is 6.08 Å². The van der Waals surface area contributed by atoms with Gasteiger partial charge in [0.1, 0.15) is 5.69 Å². The van der Waals surface area contributed by atoms with Crippen molar-refractivity contribution in [2.24, 2.45) is 0 Å². The third kappa shape index (κ3) is 4.15. The second-order valence-corrected chi connectivity index (χ2v) is 5.80. The Balaban J connectivity index is 2.19. The molecule has 0 unspecified atom stereocenters. The first-order valence-corrected chi connectivity index (χ1v) is 7.44. The van der Waals surface area contributed by atoms with Crippen molar-refractivity contribution in [3.8, 4) is 0 Å². The lowest BCUT2D eigenvalue weighted by atomic mass is 10.2. The van der Waals surface area contributed by atoms with Crippen LogP contribution in [0.5, 0.6) is 0 Å². The highest BCUT2D eigenvalue weighted by molar-refractivity contribution is 7.92. The number of rotatable bonds is 5. The zero-order valence-corrected chi connectivity index (χ0v) is 11.6. The van der Waals surface area contributed by atoms with Gasteiger partial charge in [0, 0.05) is 6.07 Å². The van der Waals surface area contributed by atoms with Gasteiger partial charge in [-0.15, -0.1) is 0 Å². The summed E-state index contributed by atoms with van der Waals surface area (Å²) in [5.74, 6) is -1.31. The van der Waals surface area contributed by atoms with E-state index in [4.69, 9.17) is 0 Å². The molecule has 0 bridgehead atoms. The van der Waals surface area contributed by atoms with E-state index in [1.807, 2.05) is 0 Å². The quantitative estimate of drug-likeness (QED) is 0.790. The van der Waals surface area contributed by atoms with Crippen molar-refractivity contribution in [1.29, 1.82) is 0 Å². The summed E-state index contributed by atoms with van der Waals surface area (Å²) in [6.07, 6.45) is 5.39. The van der Waals surface area contributed by atoms with Crippen molar-refractivity contribution in [1.82, 2.24) is 0 Å². The summed E-state index contributed by atoms with van der Waals surface area (Å²) in [7, 11) is -3.68. The highest BCUT2D eigenvalue weighted by atomic mass is 32.2. The number of pyridine rings is 1. The van der Waals surface area contributed by atoms with E-state index < -0.39 is 16.0 Å². The standard InChI is InChI=1S/C14H12N2O4S/c17-14(18)8-5-11-3-6-13(7-4-11)21(19,20)16-12-2-1-9-15-10-12/h1-10,16H,(H,17,18). The molecule has 1 heterocycles. The van der Waals surface area contributed by atoms with Gasteiger partial charge in [0.25, 0.3) is 10.0 Å². The minimum Gasteiger partial charge on any atom is -0.545 e. The summed E-state index contributed by atoms with van der Waals surface area (Å²) in [5.41, 5.74) is 0.976. The van der Waals surface area contributed by atoms with E-state index >= 15 is 0 Å². The average Bonchev–Trinajstić information content (AvgIpc) is 2.46. The number of nitrogens with one attached hydrogen (secondary N) is 2. The minimum absolute atomic E-state index is 0.0805. The molecule has 6 nitrogen and oxygen atoms in total. The van der Waals surface area contributed by atoms with Gasteiger partial charge in [-0.3, -0.25) is 4.72 Å². The molecule has 21 heavy (non-hydrogen) atoms. The first kappa shape index (κ1) is 14.7. The zero-order chi connectivity index (χ0) is 15.3. The number of hydrogen-bond acceptors (Lipinski definition) is 4. The number of carboxylic acids is 1. The van der Waals surface area contributed by atoms with E-state index in [1.54, 1.807) is 18.3 Å². The second-order valence-electron chi connectivity index (χ2n) is 4.12. The van der Waals surface area contributed by atoms with Gasteiger partial charge >= 0.3 is 0 Å². The number of aliphatic carboxylic acids is 1. The Labute approximate surface area is 121 Å². The third-order valence-electron chi connectivity index (χ3n) is 2.56. The van der Waals surface area contributed by atoms with E-state index in [0.29, 0.717) is 11.3 Å². The Morgan fingerprint density at radius 1 is 1.19 bits per heavy atom. The molecule has 0 radical (unpaired) electrons. The predicted molar refractivity (Wildman–Crippen MR) is 74.3 cm³/mol. The van der Waals surface area contributed by atoms with Gasteiger partial charge in [-0.25, -0.2) is 13.4 Å². The first-order chi connectivity index (χ1) is 9.97. The molecule has 0 saturated heterocycles. The van der Waals surface area contributed by atoms with Gasteiger partial charge < -0.3 is 9.90 Å². The van der Waals surface area contributed by atoms with Crippen LogP contribution in [0.3, 0.4) is 0 Å². The van der Waals surface area contributed by atoms with Crippen molar-refractivity contribution in [2.45, 2.75) is 4.90 Å². The molecule has 7 heteroatoms. The topological polar surface area (TPSA) is 100 Å². The molecule has 0 aliphatic heterocycles. The summed E-state index contributed by atoms with van der Waals surface area (Å²) >= 11 is 0. The molecule has 2 rings (SSSR count). The number of carbonyl (C=O) groups excluding carboxylic acids is 1. The lowest BCUT2D eigenvalue weighted by Crippen LogP contribution is -2.18. The van der Waals surface area contributed by atoms with Crippen LogP contribution in [0, 0.1) is 0 Å². The SMILES string of the molecule is O=C([O-])C=Cc1ccc(S(=O)(=O)Nc2ccc[nH+]c2)cc1. The molecular formula is C14H12N2O4S. The van der Waals surface area contributed by atoms with Crippen LogP contribution in [-0.2, 0) is 14.8 Å². The highest BCUT2D eigenvalue weighted by Gasteiger charge is 2.14. The number of sulfonamides is 1. The molecule has 0 fully saturated rings. The monoisotopic (exact) mass is 304 g/mol. The Morgan fingerprint density at radius 3 is 2.48 bits per heavy atom. The van der Waals surface area contributed by atoms with Crippen LogP contribution in [0.15, 0.2) is 59.8 Å². The number of carboxylic acid groups (broad SMARTS) is 1.